The summed E-state index contributed by atoms with van der Waals surface area (Å²) in [5.74, 6) is -0.296. The van der Waals surface area contributed by atoms with Crippen molar-refractivity contribution >= 4 is 11.4 Å². The summed E-state index contributed by atoms with van der Waals surface area (Å²) in [6, 6.07) is 5.30. The van der Waals surface area contributed by atoms with Crippen molar-refractivity contribution in [3.63, 3.8) is 0 Å². The Morgan fingerprint density at radius 1 is 1.24 bits per heavy atom. The molecule has 2 fully saturated rings. The van der Waals surface area contributed by atoms with Gasteiger partial charge in [0.1, 0.15) is 5.82 Å². The second kappa shape index (κ2) is 3.88. The van der Waals surface area contributed by atoms with Crippen LogP contribution in [-0.4, -0.2) is 23.3 Å². The first-order chi connectivity index (χ1) is 8.15. The van der Waals surface area contributed by atoms with Gasteiger partial charge in [-0.1, -0.05) is 0 Å². The molecular formula is C13H17FN2O. The third-order valence-corrected chi connectivity index (χ3v) is 3.98. The molecule has 2 atom stereocenters. The number of aliphatic hydroxyl groups excluding tert-OH is 1. The summed E-state index contributed by atoms with van der Waals surface area (Å²) in [6.45, 7) is 0. The first kappa shape index (κ1) is 10.8. The van der Waals surface area contributed by atoms with Crippen molar-refractivity contribution in [1.29, 1.82) is 0 Å². The second-order valence-corrected chi connectivity index (χ2v) is 5.12. The van der Waals surface area contributed by atoms with Gasteiger partial charge in [-0.2, -0.15) is 0 Å². The number of nitrogen functional groups attached to an aromatic ring is 1. The Morgan fingerprint density at radius 3 is 2.47 bits per heavy atom. The van der Waals surface area contributed by atoms with Crippen molar-refractivity contribution in [1.82, 2.24) is 0 Å². The van der Waals surface area contributed by atoms with E-state index in [1.807, 2.05) is 0 Å². The molecule has 92 valence electrons. The number of hydrogen-bond donors (Lipinski definition) is 2. The molecule has 2 saturated heterocycles. The van der Waals surface area contributed by atoms with Gasteiger partial charge in [0.2, 0.25) is 0 Å². The van der Waals surface area contributed by atoms with Crippen LogP contribution in [0.1, 0.15) is 25.7 Å². The molecule has 2 aliphatic heterocycles. The highest BCUT2D eigenvalue weighted by Gasteiger charge is 2.40. The number of hydrogen-bond acceptors (Lipinski definition) is 3. The van der Waals surface area contributed by atoms with E-state index in [0.29, 0.717) is 17.8 Å². The van der Waals surface area contributed by atoms with Gasteiger partial charge in [0.05, 0.1) is 17.5 Å². The lowest BCUT2D eigenvalue weighted by molar-refractivity contribution is 0.126. The van der Waals surface area contributed by atoms with Crippen molar-refractivity contribution in [3.05, 3.63) is 24.0 Å². The van der Waals surface area contributed by atoms with Crippen LogP contribution in [0.3, 0.4) is 0 Å². The molecule has 2 unspecified atom stereocenters. The van der Waals surface area contributed by atoms with E-state index in [0.717, 1.165) is 31.4 Å². The fourth-order valence-corrected chi connectivity index (χ4v) is 3.30. The molecule has 3 N–H and O–H groups in total. The quantitative estimate of drug-likeness (QED) is 0.732. The SMILES string of the molecule is Nc1cc(F)ccc1N1C2CCC1CC(O)C2. The third kappa shape index (κ3) is 1.76. The highest BCUT2D eigenvalue weighted by molar-refractivity contribution is 5.69. The minimum absolute atomic E-state index is 0.189. The number of nitrogens with two attached hydrogens (primary N) is 1. The van der Waals surface area contributed by atoms with Crippen molar-refractivity contribution in [2.75, 3.05) is 10.6 Å². The Balaban J connectivity index is 1.94. The first-order valence-corrected chi connectivity index (χ1v) is 6.16. The molecule has 4 heteroatoms. The van der Waals surface area contributed by atoms with Crippen molar-refractivity contribution in [3.8, 4) is 0 Å². The Hall–Kier alpha value is -1.29. The van der Waals surface area contributed by atoms with E-state index >= 15 is 0 Å². The van der Waals surface area contributed by atoms with Crippen LogP contribution in [0.5, 0.6) is 0 Å². The van der Waals surface area contributed by atoms with E-state index in [-0.39, 0.29) is 11.9 Å². The average Bonchev–Trinajstić information content (AvgIpc) is 2.53. The summed E-state index contributed by atoms with van der Waals surface area (Å²) in [5, 5.41) is 9.75. The van der Waals surface area contributed by atoms with E-state index in [1.54, 1.807) is 6.07 Å². The van der Waals surface area contributed by atoms with Gasteiger partial charge in [0.15, 0.2) is 0 Å². The number of halogens is 1. The Bertz CT molecular complexity index is 423. The van der Waals surface area contributed by atoms with Crippen molar-refractivity contribution in [2.45, 2.75) is 43.9 Å². The molecular weight excluding hydrogens is 219 g/mol. The summed E-state index contributed by atoms with van der Waals surface area (Å²) in [7, 11) is 0. The van der Waals surface area contributed by atoms with Crippen LogP contribution in [0.2, 0.25) is 0 Å². The average molecular weight is 236 g/mol. The predicted molar refractivity (Wildman–Crippen MR) is 65.3 cm³/mol. The van der Waals surface area contributed by atoms with E-state index in [4.69, 9.17) is 5.73 Å². The topological polar surface area (TPSA) is 49.5 Å². The van der Waals surface area contributed by atoms with Gasteiger partial charge in [0, 0.05) is 12.1 Å². The van der Waals surface area contributed by atoms with Crippen LogP contribution in [-0.2, 0) is 0 Å². The van der Waals surface area contributed by atoms with E-state index in [9.17, 15) is 9.50 Å². The maximum Gasteiger partial charge on any atom is 0.125 e. The van der Waals surface area contributed by atoms with Crippen LogP contribution in [0, 0.1) is 5.82 Å². The Morgan fingerprint density at radius 2 is 1.88 bits per heavy atom. The number of fused-ring (bicyclic) bond motifs is 2. The fraction of sp³-hybridized carbons (Fsp3) is 0.538. The molecule has 17 heavy (non-hydrogen) atoms. The molecule has 0 aromatic heterocycles. The monoisotopic (exact) mass is 236 g/mol. The molecule has 2 bridgehead atoms. The second-order valence-electron chi connectivity index (χ2n) is 5.12. The van der Waals surface area contributed by atoms with Gasteiger partial charge in [-0.25, -0.2) is 4.39 Å². The third-order valence-electron chi connectivity index (χ3n) is 3.98. The lowest BCUT2D eigenvalue weighted by atomic mass is 9.98. The number of rotatable bonds is 1. The molecule has 0 aliphatic carbocycles. The number of nitrogens with zero attached hydrogens (tertiary/aromatic N) is 1. The van der Waals surface area contributed by atoms with Gasteiger partial charge in [-0.05, 0) is 43.9 Å². The van der Waals surface area contributed by atoms with Crippen LogP contribution in [0.4, 0.5) is 15.8 Å². The van der Waals surface area contributed by atoms with E-state index < -0.39 is 0 Å². The number of aliphatic hydroxyl groups is 1. The molecule has 2 heterocycles. The zero-order valence-corrected chi connectivity index (χ0v) is 9.64. The summed E-state index contributed by atoms with van der Waals surface area (Å²) < 4.78 is 13.0. The van der Waals surface area contributed by atoms with Crippen LogP contribution >= 0.6 is 0 Å². The molecule has 3 rings (SSSR count). The molecule has 1 aromatic rings. The Kier molecular flexibility index (Phi) is 2.47. The largest absolute Gasteiger partial charge is 0.397 e. The normalized spacial score (nSPS) is 31.9. The predicted octanol–water partition coefficient (Wildman–Crippen LogP) is 1.90. The number of piperidine rings is 1. The zero-order valence-electron chi connectivity index (χ0n) is 9.64. The van der Waals surface area contributed by atoms with Gasteiger partial charge in [0.25, 0.3) is 0 Å². The standard InChI is InChI=1S/C13H17FN2O/c14-8-1-4-13(12(15)5-8)16-9-2-3-10(16)7-11(17)6-9/h1,4-5,9-11,17H,2-3,6-7,15H2. The van der Waals surface area contributed by atoms with Crippen LogP contribution < -0.4 is 10.6 Å². The lowest BCUT2D eigenvalue weighted by Crippen LogP contribution is -2.45. The van der Waals surface area contributed by atoms with Crippen LogP contribution in [0.15, 0.2) is 18.2 Å². The molecule has 1 aromatic carbocycles. The highest BCUT2D eigenvalue weighted by atomic mass is 19.1. The Labute approximate surface area is 100 Å². The maximum atomic E-state index is 13.0. The number of benzene rings is 1. The van der Waals surface area contributed by atoms with Crippen molar-refractivity contribution < 1.29 is 9.50 Å². The van der Waals surface area contributed by atoms with E-state index in [2.05, 4.69) is 4.90 Å². The van der Waals surface area contributed by atoms with Crippen LogP contribution in [0.25, 0.3) is 0 Å². The smallest absolute Gasteiger partial charge is 0.125 e. The molecule has 2 aliphatic rings. The molecule has 0 saturated carbocycles. The summed E-state index contributed by atoms with van der Waals surface area (Å²) in [4.78, 5) is 2.28. The zero-order chi connectivity index (χ0) is 12.0. The highest BCUT2D eigenvalue weighted by Crippen LogP contribution is 2.41. The van der Waals surface area contributed by atoms with Crippen molar-refractivity contribution in [2.24, 2.45) is 0 Å². The summed E-state index contributed by atoms with van der Waals surface area (Å²) >= 11 is 0. The minimum atomic E-state index is -0.296. The molecule has 0 radical (unpaired) electrons. The van der Waals surface area contributed by atoms with Gasteiger partial charge < -0.3 is 15.7 Å². The van der Waals surface area contributed by atoms with E-state index in [1.165, 1.54) is 12.1 Å². The molecule has 3 nitrogen and oxygen atoms in total. The summed E-state index contributed by atoms with van der Waals surface area (Å²) in [6.07, 6.45) is 3.60. The molecule has 0 spiro atoms. The minimum Gasteiger partial charge on any atom is -0.397 e. The summed E-state index contributed by atoms with van der Waals surface area (Å²) in [5.41, 5.74) is 7.32. The maximum absolute atomic E-state index is 13.0. The molecule has 0 amide bonds. The first-order valence-electron chi connectivity index (χ1n) is 6.16. The number of anilines is 2. The fourth-order valence-electron chi connectivity index (χ4n) is 3.30. The van der Waals surface area contributed by atoms with Gasteiger partial charge in [-0.15, -0.1) is 0 Å². The van der Waals surface area contributed by atoms with Gasteiger partial charge in [-0.3, -0.25) is 0 Å². The van der Waals surface area contributed by atoms with Gasteiger partial charge >= 0.3 is 0 Å². The lowest BCUT2D eigenvalue weighted by Gasteiger charge is -2.39.